The summed E-state index contributed by atoms with van der Waals surface area (Å²) in [4.78, 5) is 2.02. The molecule has 0 fully saturated rings. The molecular formula is C15H16N2. The van der Waals surface area contributed by atoms with E-state index >= 15 is 0 Å². The molecule has 0 saturated heterocycles. The zero-order valence-electron chi connectivity index (χ0n) is 10.2. The Kier molecular flexibility index (Phi) is 3.20. The largest absolute Gasteiger partial charge is 0.385 e. The number of nitrogens with two attached hydrogens (primary N) is 1. The maximum absolute atomic E-state index is 5.90. The lowest BCUT2D eigenvalue weighted by atomic mass is 10.1. The highest BCUT2D eigenvalue weighted by molar-refractivity contribution is 5.45. The van der Waals surface area contributed by atoms with E-state index in [1.54, 1.807) is 0 Å². The molecule has 0 spiro atoms. The van der Waals surface area contributed by atoms with Crippen LogP contribution in [-0.2, 0) is 0 Å². The topological polar surface area (TPSA) is 29.3 Å². The van der Waals surface area contributed by atoms with E-state index < -0.39 is 0 Å². The summed E-state index contributed by atoms with van der Waals surface area (Å²) in [5.41, 5.74) is 9.12. The Bertz CT molecular complexity index is 527. The molecule has 86 valence electrons. The summed E-state index contributed by atoms with van der Waals surface area (Å²) in [6.07, 6.45) is 2.06. The SMILES string of the molecule is CC1=C(N)N(C)CC(C#Cc2ccccc2)=C1. The molecule has 17 heavy (non-hydrogen) atoms. The van der Waals surface area contributed by atoms with Gasteiger partial charge in [0.15, 0.2) is 0 Å². The number of benzene rings is 1. The summed E-state index contributed by atoms with van der Waals surface area (Å²) >= 11 is 0. The van der Waals surface area contributed by atoms with Gasteiger partial charge in [-0.15, -0.1) is 0 Å². The Morgan fingerprint density at radius 2 is 1.88 bits per heavy atom. The molecule has 0 saturated carbocycles. The molecule has 0 aliphatic carbocycles. The molecule has 0 aromatic heterocycles. The number of rotatable bonds is 0. The van der Waals surface area contributed by atoms with E-state index in [0.717, 1.165) is 29.1 Å². The fourth-order valence-electron chi connectivity index (χ4n) is 1.77. The Morgan fingerprint density at radius 1 is 1.18 bits per heavy atom. The molecule has 0 atom stereocenters. The lowest BCUT2D eigenvalue weighted by Gasteiger charge is -2.24. The minimum Gasteiger partial charge on any atom is -0.385 e. The predicted octanol–water partition coefficient (Wildman–Crippen LogP) is 2.10. The van der Waals surface area contributed by atoms with Crippen molar-refractivity contribution in [1.82, 2.24) is 4.90 Å². The van der Waals surface area contributed by atoms with Crippen LogP contribution in [-0.4, -0.2) is 18.5 Å². The van der Waals surface area contributed by atoms with Crippen LogP contribution in [0.3, 0.4) is 0 Å². The predicted molar refractivity (Wildman–Crippen MR) is 70.9 cm³/mol. The highest BCUT2D eigenvalue weighted by atomic mass is 15.2. The molecule has 2 heteroatoms. The van der Waals surface area contributed by atoms with Crippen LogP contribution in [0, 0.1) is 11.8 Å². The molecule has 2 nitrogen and oxygen atoms in total. The lowest BCUT2D eigenvalue weighted by Crippen LogP contribution is -2.29. The molecule has 1 aliphatic heterocycles. The van der Waals surface area contributed by atoms with Crippen LogP contribution >= 0.6 is 0 Å². The van der Waals surface area contributed by atoms with E-state index in [1.807, 2.05) is 49.2 Å². The quantitative estimate of drug-likeness (QED) is 0.684. The van der Waals surface area contributed by atoms with Crippen molar-refractivity contribution in [3.8, 4) is 11.8 Å². The maximum Gasteiger partial charge on any atom is 0.102 e. The van der Waals surface area contributed by atoms with Gasteiger partial charge in [-0.1, -0.05) is 30.0 Å². The van der Waals surface area contributed by atoms with Crippen molar-refractivity contribution < 1.29 is 0 Å². The molecular weight excluding hydrogens is 208 g/mol. The van der Waals surface area contributed by atoms with Crippen LogP contribution in [0.1, 0.15) is 12.5 Å². The van der Waals surface area contributed by atoms with Crippen molar-refractivity contribution in [3.05, 3.63) is 58.9 Å². The van der Waals surface area contributed by atoms with E-state index in [0.29, 0.717) is 0 Å². The second kappa shape index (κ2) is 4.80. The summed E-state index contributed by atoms with van der Waals surface area (Å²) in [6, 6.07) is 10.0. The normalized spacial score (nSPS) is 15.2. The van der Waals surface area contributed by atoms with Gasteiger partial charge in [0, 0.05) is 18.2 Å². The first-order chi connectivity index (χ1) is 8.16. The van der Waals surface area contributed by atoms with Gasteiger partial charge in [-0.3, -0.25) is 0 Å². The Morgan fingerprint density at radius 3 is 2.53 bits per heavy atom. The molecule has 0 bridgehead atoms. The van der Waals surface area contributed by atoms with Gasteiger partial charge < -0.3 is 10.6 Å². The van der Waals surface area contributed by atoms with Crippen LogP contribution in [0.2, 0.25) is 0 Å². The zero-order valence-corrected chi connectivity index (χ0v) is 10.2. The van der Waals surface area contributed by atoms with Crippen LogP contribution in [0.15, 0.2) is 53.4 Å². The molecule has 0 amide bonds. The van der Waals surface area contributed by atoms with E-state index in [9.17, 15) is 0 Å². The lowest BCUT2D eigenvalue weighted by molar-refractivity contribution is 0.441. The van der Waals surface area contributed by atoms with Gasteiger partial charge in [0.25, 0.3) is 0 Å². The van der Waals surface area contributed by atoms with E-state index in [4.69, 9.17) is 5.73 Å². The number of allylic oxidation sites excluding steroid dienone is 2. The summed E-state index contributed by atoms with van der Waals surface area (Å²) in [5.74, 6) is 7.19. The number of hydrogen-bond donors (Lipinski definition) is 1. The fourth-order valence-corrected chi connectivity index (χ4v) is 1.77. The van der Waals surface area contributed by atoms with Gasteiger partial charge in [-0.25, -0.2) is 0 Å². The van der Waals surface area contributed by atoms with E-state index in [1.165, 1.54) is 0 Å². The number of nitrogens with zero attached hydrogens (tertiary/aromatic N) is 1. The van der Waals surface area contributed by atoms with Crippen LogP contribution in [0.5, 0.6) is 0 Å². The Hall–Kier alpha value is -2.14. The third kappa shape index (κ3) is 2.70. The molecule has 0 radical (unpaired) electrons. The molecule has 1 aromatic carbocycles. The minimum absolute atomic E-state index is 0.781. The second-order valence-corrected chi connectivity index (χ2v) is 4.21. The second-order valence-electron chi connectivity index (χ2n) is 4.21. The van der Waals surface area contributed by atoms with Crippen molar-refractivity contribution >= 4 is 0 Å². The first-order valence-electron chi connectivity index (χ1n) is 5.62. The average Bonchev–Trinajstić information content (AvgIpc) is 2.34. The van der Waals surface area contributed by atoms with E-state index in [2.05, 4.69) is 17.9 Å². The molecule has 1 aliphatic rings. The average molecular weight is 224 g/mol. The molecule has 2 rings (SSSR count). The maximum atomic E-state index is 5.90. The zero-order chi connectivity index (χ0) is 12.3. The van der Waals surface area contributed by atoms with Crippen molar-refractivity contribution in [3.63, 3.8) is 0 Å². The van der Waals surface area contributed by atoms with Crippen molar-refractivity contribution in [1.29, 1.82) is 0 Å². The van der Waals surface area contributed by atoms with Gasteiger partial charge in [-0.05, 0) is 30.7 Å². The number of hydrogen-bond acceptors (Lipinski definition) is 2. The Balaban J connectivity index is 2.22. The Labute approximate surface area is 102 Å². The molecule has 1 aromatic rings. The monoisotopic (exact) mass is 224 g/mol. The molecule has 1 heterocycles. The van der Waals surface area contributed by atoms with Crippen molar-refractivity contribution in [2.45, 2.75) is 6.92 Å². The summed E-state index contributed by atoms with van der Waals surface area (Å²) in [7, 11) is 1.98. The van der Waals surface area contributed by atoms with Gasteiger partial charge in [0.05, 0.1) is 6.54 Å². The third-order valence-electron chi connectivity index (χ3n) is 2.75. The van der Waals surface area contributed by atoms with Crippen LogP contribution < -0.4 is 5.73 Å². The highest BCUT2D eigenvalue weighted by Crippen LogP contribution is 2.15. The molecule has 2 N–H and O–H groups in total. The summed E-state index contributed by atoms with van der Waals surface area (Å²) in [5, 5.41) is 0. The van der Waals surface area contributed by atoms with Gasteiger partial charge >= 0.3 is 0 Å². The molecule has 0 unspecified atom stereocenters. The number of likely N-dealkylation sites (N-methyl/N-ethyl adjacent to an activating group) is 1. The fraction of sp³-hybridized carbons (Fsp3) is 0.200. The van der Waals surface area contributed by atoms with Gasteiger partial charge in [0.2, 0.25) is 0 Å². The minimum atomic E-state index is 0.781. The first kappa shape index (κ1) is 11.3. The smallest absolute Gasteiger partial charge is 0.102 e. The van der Waals surface area contributed by atoms with Crippen LogP contribution in [0.4, 0.5) is 0 Å². The van der Waals surface area contributed by atoms with E-state index in [-0.39, 0.29) is 0 Å². The first-order valence-corrected chi connectivity index (χ1v) is 5.62. The van der Waals surface area contributed by atoms with Gasteiger partial charge in [0.1, 0.15) is 5.82 Å². The highest BCUT2D eigenvalue weighted by Gasteiger charge is 2.10. The summed E-state index contributed by atoms with van der Waals surface area (Å²) < 4.78 is 0. The standard InChI is InChI=1S/C15H16N2/c1-12-10-14(11-17(2)15(12)16)9-8-13-6-4-3-5-7-13/h3-7,10H,11,16H2,1-2H3. The third-order valence-corrected chi connectivity index (χ3v) is 2.75. The van der Waals surface area contributed by atoms with Crippen molar-refractivity contribution in [2.24, 2.45) is 5.73 Å². The summed E-state index contributed by atoms with van der Waals surface area (Å²) in [6.45, 7) is 2.79. The van der Waals surface area contributed by atoms with Crippen molar-refractivity contribution in [2.75, 3.05) is 13.6 Å². The van der Waals surface area contributed by atoms with Crippen LogP contribution in [0.25, 0.3) is 0 Å². The van der Waals surface area contributed by atoms with Gasteiger partial charge in [-0.2, -0.15) is 0 Å².